The summed E-state index contributed by atoms with van der Waals surface area (Å²) in [6.07, 6.45) is 15.3. The van der Waals surface area contributed by atoms with Crippen LogP contribution in [0, 0.1) is 5.92 Å². The predicted octanol–water partition coefficient (Wildman–Crippen LogP) is 5.26. The third-order valence-corrected chi connectivity index (χ3v) is 4.89. The number of nitrogens with zero attached hydrogens (tertiary/aromatic N) is 1. The maximum Gasteiger partial charge on any atom is 0.0575 e. The highest BCUT2D eigenvalue weighted by Crippen LogP contribution is 2.25. The molecule has 0 aromatic carbocycles. The van der Waals surface area contributed by atoms with Gasteiger partial charge in [-0.3, -0.25) is 0 Å². The maximum absolute atomic E-state index is 6.01. The third-order valence-electron chi connectivity index (χ3n) is 4.89. The first-order valence-electron chi connectivity index (χ1n) is 9.52. The highest BCUT2D eigenvalue weighted by atomic mass is 16.5. The maximum atomic E-state index is 6.01. The van der Waals surface area contributed by atoms with Crippen molar-refractivity contribution in [1.82, 2.24) is 4.90 Å². The van der Waals surface area contributed by atoms with Gasteiger partial charge >= 0.3 is 0 Å². The molecule has 0 aromatic rings. The van der Waals surface area contributed by atoms with E-state index in [1.54, 1.807) is 0 Å². The molecule has 0 bridgehead atoms. The zero-order valence-electron chi connectivity index (χ0n) is 14.9. The Bertz CT molecular complexity index is 224. The number of hydrogen-bond donors (Lipinski definition) is 0. The minimum Gasteiger partial charge on any atom is -0.378 e. The van der Waals surface area contributed by atoms with Gasteiger partial charge in [-0.2, -0.15) is 0 Å². The Morgan fingerprint density at radius 3 is 2.14 bits per heavy atom. The van der Waals surface area contributed by atoms with Crippen molar-refractivity contribution in [3.8, 4) is 0 Å². The molecule has 0 unspecified atom stereocenters. The Morgan fingerprint density at radius 2 is 1.48 bits per heavy atom. The molecule has 1 aliphatic carbocycles. The van der Waals surface area contributed by atoms with Gasteiger partial charge in [-0.15, -0.1) is 0 Å². The molecular weight excluding hydrogens is 258 g/mol. The van der Waals surface area contributed by atoms with Crippen molar-refractivity contribution in [2.75, 3.05) is 26.7 Å². The van der Waals surface area contributed by atoms with E-state index in [1.807, 2.05) is 0 Å². The Hall–Kier alpha value is -0.0800. The molecular formula is C19H39NO. The van der Waals surface area contributed by atoms with Crippen LogP contribution in [0.2, 0.25) is 0 Å². The van der Waals surface area contributed by atoms with Crippen LogP contribution in [0.5, 0.6) is 0 Å². The zero-order valence-corrected chi connectivity index (χ0v) is 14.9. The van der Waals surface area contributed by atoms with Crippen LogP contribution in [-0.4, -0.2) is 37.7 Å². The lowest BCUT2D eigenvalue weighted by molar-refractivity contribution is 0.0178. The van der Waals surface area contributed by atoms with Crippen molar-refractivity contribution < 1.29 is 4.74 Å². The fraction of sp³-hybridized carbons (Fsp3) is 1.00. The van der Waals surface area contributed by atoms with Gasteiger partial charge in [0.1, 0.15) is 0 Å². The summed E-state index contributed by atoms with van der Waals surface area (Å²) in [6, 6.07) is 0. The fourth-order valence-corrected chi connectivity index (χ4v) is 3.23. The number of unbranched alkanes of at least 4 members (excludes halogenated alkanes) is 5. The first-order valence-corrected chi connectivity index (χ1v) is 9.52. The van der Waals surface area contributed by atoms with Crippen LogP contribution in [0.25, 0.3) is 0 Å². The number of ether oxygens (including phenoxy) is 1. The van der Waals surface area contributed by atoms with Gasteiger partial charge < -0.3 is 9.64 Å². The first kappa shape index (κ1) is 19.0. The molecule has 1 saturated carbocycles. The normalized spacial score (nSPS) is 22.9. The summed E-state index contributed by atoms with van der Waals surface area (Å²) in [5.41, 5.74) is 0. The van der Waals surface area contributed by atoms with E-state index in [2.05, 4.69) is 25.8 Å². The summed E-state index contributed by atoms with van der Waals surface area (Å²) >= 11 is 0. The molecule has 2 heteroatoms. The molecule has 2 nitrogen and oxygen atoms in total. The summed E-state index contributed by atoms with van der Waals surface area (Å²) in [5.74, 6) is 0.930. The Kier molecular flexibility index (Phi) is 11.3. The van der Waals surface area contributed by atoms with E-state index in [-0.39, 0.29) is 0 Å². The van der Waals surface area contributed by atoms with E-state index in [1.165, 1.54) is 83.7 Å². The third kappa shape index (κ3) is 10.3. The highest BCUT2D eigenvalue weighted by molar-refractivity contribution is 4.69. The summed E-state index contributed by atoms with van der Waals surface area (Å²) in [6.45, 7) is 8.18. The van der Waals surface area contributed by atoms with Crippen LogP contribution in [-0.2, 0) is 4.74 Å². The predicted molar refractivity (Wildman–Crippen MR) is 92.9 cm³/mol. The fourth-order valence-electron chi connectivity index (χ4n) is 3.23. The molecule has 0 spiro atoms. The lowest BCUT2D eigenvalue weighted by atomic mass is 9.89. The minimum absolute atomic E-state index is 0.575. The number of hydrogen-bond acceptors (Lipinski definition) is 2. The monoisotopic (exact) mass is 297 g/mol. The summed E-state index contributed by atoms with van der Waals surface area (Å²) < 4.78 is 6.01. The lowest BCUT2D eigenvalue weighted by Gasteiger charge is -2.26. The standard InChI is InChI=1S/C19H39NO/c1-4-5-8-15-20(3)16-9-6-7-10-17-21-19-13-11-18(2)12-14-19/h18-19H,4-17H2,1-3H3. The Morgan fingerprint density at radius 1 is 0.857 bits per heavy atom. The molecule has 1 fully saturated rings. The zero-order chi connectivity index (χ0) is 15.3. The van der Waals surface area contributed by atoms with Crippen molar-refractivity contribution in [2.24, 2.45) is 5.92 Å². The van der Waals surface area contributed by atoms with Gasteiger partial charge in [0.15, 0.2) is 0 Å². The van der Waals surface area contributed by atoms with Gasteiger partial charge in [-0.25, -0.2) is 0 Å². The van der Waals surface area contributed by atoms with E-state index >= 15 is 0 Å². The van der Waals surface area contributed by atoms with Crippen LogP contribution in [0.4, 0.5) is 0 Å². The second-order valence-electron chi connectivity index (χ2n) is 7.18. The van der Waals surface area contributed by atoms with E-state index < -0.39 is 0 Å². The molecule has 0 aromatic heterocycles. The van der Waals surface area contributed by atoms with Gasteiger partial charge in [0, 0.05) is 6.61 Å². The largest absolute Gasteiger partial charge is 0.378 e. The quantitative estimate of drug-likeness (QED) is 0.455. The van der Waals surface area contributed by atoms with Crippen molar-refractivity contribution in [3.05, 3.63) is 0 Å². The van der Waals surface area contributed by atoms with Crippen molar-refractivity contribution >= 4 is 0 Å². The lowest BCUT2D eigenvalue weighted by Crippen LogP contribution is -2.21. The molecule has 126 valence electrons. The summed E-state index contributed by atoms with van der Waals surface area (Å²) in [5, 5.41) is 0. The summed E-state index contributed by atoms with van der Waals surface area (Å²) in [7, 11) is 2.27. The average molecular weight is 298 g/mol. The van der Waals surface area contributed by atoms with Gasteiger partial charge in [0.25, 0.3) is 0 Å². The second-order valence-corrected chi connectivity index (χ2v) is 7.18. The van der Waals surface area contributed by atoms with E-state index in [0.717, 1.165) is 12.5 Å². The van der Waals surface area contributed by atoms with Gasteiger partial charge in [-0.1, -0.05) is 39.5 Å². The Balaban J connectivity index is 1.82. The molecule has 1 rings (SSSR count). The van der Waals surface area contributed by atoms with Gasteiger partial charge in [0.2, 0.25) is 0 Å². The summed E-state index contributed by atoms with van der Waals surface area (Å²) in [4.78, 5) is 2.50. The van der Waals surface area contributed by atoms with E-state index in [9.17, 15) is 0 Å². The highest BCUT2D eigenvalue weighted by Gasteiger charge is 2.17. The van der Waals surface area contributed by atoms with Crippen LogP contribution >= 0.6 is 0 Å². The molecule has 21 heavy (non-hydrogen) atoms. The van der Waals surface area contributed by atoms with Gasteiger partial charge in [0.05, 0.1) is 6.10 Å². The number of rotatable bonds is 12. The minimum atomic E-state index is 0.575. The molecule has 0 radical (unpaired) electrons. The van der Waals surface area contributed by atoms with Crippen molar-refractivity contribution in [2.45, 2.75) is 90.6 Å². The average Bonchev–Trinajstić information content (AvgIpc) is 2.48. The smallest absolute Gasteiger partial charge is 0.0575 e. The Labute approximate surface area is 133 Å². The topological polar surface area (TPSA) is 12.5 Å². The van der Waals surface area contributed by atoms with Gasteiger partial charge in [-0.05, 0) is 71.0 Å². The van der Waals surface area contributed by atoms with Crippen LogP contribution < -0.4 is 0 Å². The van der Waals surface area contributed by atoms with Crippen molar-refractivity contribution in [1.29, 1.82) is 0 Å². The molecule has 0 amide bonds. The van der Waals surface area contributed by atoms with Crippen molar-refractivity contribution in [3.63, 3.8) is 0 Å². The van der Waals surface area contributed by atoms with E-state index in [0.29, 0.717) is 6.10 Å². The molecule has 0 N–H and O–H groups in total. The molecule has 0 heterocycles. The van der Waals surface area contributed by atoms with Crippen LogP contribution in [0.1, 0.15) is 84.5 Å². The molecule has 0 atom stereocenters. The van der Waals surface area contributed by atoms with E-state index in [4.69, 9.17) is 4.74 Å². The molecule has 0 aliphatic heterocycles. The second kappa shape index (κ2) is 12.5. The first-order chi connectivity index (χ1) is 10.2. The molecule has 1 aliphatic rings. The van der Waals surface area contributed by atoms with Crippen LogP contribution in [0.15, 0.2) is 0 Å². The SMILES string of the molecule is CCCCCN(C)CCCCCCOC1CCC(C)CC1. The van der Waals surface area contributed by atoms with Crippen LogP contribution in [0.3, 0.4) is 0 Å². The molecule has 0 saturated heterocycles.